The molecule has 1 fully saturated rings. The van der Waals surface area contributed by atoms with Crippen molar-refractivity contribution in [3.05, 3.63) is 35.9 Å². The molecule has 0 saturated carbocycles. The highest BCUT2D eigenvalue weighted by Crippen LogP contribution is 2.11. The zero-order valence-electron chi connectivity index (χ0n) is 12.4. The third-order valence-electron chi connectivity index (χ3n) is 3.91. The Morgan fingerprint density at radius 2 is 2.15 bits per heavy atom. The molecule has 4 nitrogen and oxygen atoms in total. The topological polar surface area (TPSA) is 44.4 Å². The summed E-state index contributed by atoms with van der Waals surface area (Å²) >= 11 is 0. The summed E-state index contributed by atoms with van der Waals surface area (Å²) in [5.74, 6) is 0.615. The quantitative estimate of drug-likeness (QED) is 0.857. The molecule has 0 radical (unpaired) electrons. The summed E-state index contributed by atoms with van der Waals surface area (Å²) in [6.45, 7) is 6.89. The van der Waals surface area contributed by atoms with Crippen LogP contribution in [0.15, 0.2) is 30.3 Å². The smallest absolute Gasteiger partial charge is 0.219 e. The summed E-state index contributed by atoms with van der Waals surface area (Å²) in [5.41, 5.74) is 4.78. The van der Waals surface area contributed by atoms with Crippen LogP contribution in [0.4, 0.5) is 0 Å². The molecule has 1 aliphatic rings. The van der Waals surface area contributed by atoms with Gasteiger partial charge in [0.05, 0.1) is 0 Å². The lowest BCUT2D eigenvalue weighted by atomic mass is 9.99. The van der Waals surface area contributed by atoms with Gasteiger partial charge in [0.2, 0.25) is 5.91 Å². The zero-order valence-corrected chi connectivity index (χ0v) is 12.4. The number of hydrazine groups is 1. The molecule has 110 valence electrons. The SMILES string of the molecule is CCC(=O)N[C@H]1CNN(CCc2ccccc2)C[C@@H]1C. The molecule has 1 aromatic carbocycles. The van der Waals surface area contributed by atoms with Gasteiger partial charge in [0, 0.05) is 32.1 Å². The highest BCUT2D eigenvalue weighted by Gasteiger charge is 2.26. The molecular weight excluding hydrogens is 250 g/mol. The molecule has 0 aromatic heterocycles. The van der Waals surface area contributed by atoms with Crippen LogP contribution < -0.4 is 10.7 Å². The predicted octanol–water partition coefficient (Wildman–Crippen LogP) is 1.58. The number of nitrogens with zero attached hydrogens (tertiary/aromatic N) is 1. The second-order valence-corrected chi connectivity index (χ2v) is 5.55. The maximum Gasteiger partial charge on any atom is 0.219 e. The predicted molar refractivity (Wildman–Crippen MR) is 81.1 cm³/mol. The van der Waals surface area contributed by atoms with E-state index in [4.69, 9.17) is 0 Å². The number of hydrogen-bond acceptors (Lipinski definition) is 3. The van der Waals surface area contributed by atoms with Gasteiger partial charge in [-0.1, -0.05) is 44.2 Å². The molecule has 2 N–H and O–H groups in total. The minimum absolute atomic E-state index is 0.140. The van der Waals surface area contributed by atoms with E-state index in [0.29, 0.717) is 12.3 Å². The summed E-state index contributed by atoms with van der Waals surface area (Å²) in [7, 11) is 0. The van der Waals surface area contributed by atoms with E-state index in [0.717, 1.165) is 26.1 Å². The molecule has 1 heterocycles. The first-order chi connectivity index (χ1) is 9.69. The molecule has 1 amide bonds. The Morgan fingerprint density at radius 3 is 2.80 bits per heavy atom. The summed E-state index contributed by atoms with van der Waals surface area (Å²) in [5, 5.41) is 5.35. The van der Waals surface area contributed by atoms with Crippen LogP contribution in [0.1, 0.15) is 25.8 Å². The number of nitrogens with one attached hydrogen (secondary N) is 2. The molecule has 20 heavy (non-hydrogen) atoms. The van der Waals surface area contributed by atoms with Gasteiger partial charge in [-0.3, -0.25) is 10.2 Å². The Hall–Kier alpha value is -1.39. The van der Waals surface area contributed by atoms with Gasteiger partial charge >= 0.3 is 0 Å². The Balaban J connectivity index is 1.76. The summed E-state index contributed by atoms with van der Waals surface area (Å²) in [6, 6.07) is 10.8. The van der Waals surface area contributed by atoms with Crippen LogP contribution in [-0.2, 0) is 11.2 Å². The maximum atomic E-state index is 11.5. The second-order valence-electron chi connectivity index (χ2n) is 5.55. The first-order valence-electron chi connectivity index (χ1n) is 7.50. The van der Waals surface area contributed by atoms with Gasteiger partial charge in [-0.05, 0) is 17.9 Å². The molecule has 0 aliphatic carbocycles. The van der Waals surface area contributed by atoms with Crippen LogP contribution in [0.2, 0.25) is 0 Å². The van der Waals surface area contributed by atoms with Crippen molar-refractivity contribution in [3.63, 3.8) is 0 Å². The van der Waals surface area contributed by atoms with Crippen molar-refractivity contribution in [1.29, 1.82) is 0 Å². The minimum atomic E-state index is 0.140. The fourth-order valence-electron chi connectivity index (χ4n) is 2.55. The third-order valence-corrected chi connectivity index (χ3v) is 3.91. The van der Waals surface area contributed by atoms with Crippen LogP contribution in [0, 0.1) is 5.92 Å². The van der Waals surface area contributed by atoms with E-state index in [1.54, 1.807) is 0 Å². The summed E-state index contributed by atoms with van der Waals surface area (Å²) < 4.78 is 0. The van der Waals surface area contributed by atoms with Crippen molar-refractivity contribution >= 4 is 5.91 Å². The van der Waals surface area contributed by atoms with Crippen LogP contribution in [-0.4, -0.2) is 36.6 Å². The Labute approximate surface area is 121 Å². The van der Waals surface area contributed by atoms with E-state index >= 15 is 0 Å². The van der Waals surface area contributed by atoms with E-state index in [2.05, 4.69) is 46.9 Å². The van der Waals surface area contributed by atoms with Crippen molar-refractivity contribution in [2.24, 2.45) is 5.92 Å². The lowest BCUT2D eigenvalue weighted by Crippen LogP contribution is -2.59. The van der Waals surface area contributed by atoms with Crippen molar-refractivity contribution in [2.75, 3.05) is 19.6 Å². The van der Waals surface area contributed by atoms with Crippen molar-refractivity contribution in [3.8, 4) is 0 Å². The average molecular weight is 275 g/mol. The number of amides is 1. The van der Waals surface area contributed by atoms with Gasteiger partial charge in [0.15, 0.2) is 0 Å². The standard InChI is InChI=1S/C16H25N3O/c1-3-16(20)18-15-11-17-19(12-13(15)2)10-9-14-7-5-4-6-8-14/h4-8,13,15,17H,3,9-12H2,1-2H3,(H,18,20)/t13-,15-/m0/s1. The second kappa shape index (κ2) is 7.41. The minimum Gasteiger partial charge on any atom is -0.352 e. The van der Waals surface area contributed by atoms with E-state index in [9.17, 15) is 4.79 Å². The number of rotatable bonds is 5. The highest BCUT2D eigenvalue weighted by molar-refractivity contribution is 5.75. The van der Waals surface area contributed by atoms with Crippen LogP contribution >= 0.6 is 0 Å². The maximum absolute atomic E-state index is 11.5. The average Bonchev–Trinajstić information content (AvgIpc) is 2.48. The number of benzene rings is 1. The molecule has 4 heteroatoms. The first-order valence-corrected chi connectivity index (χ1v) is 7.50. The number of hydrogen-bond donors (Lipinski definition) is 2. The van der Waals surface area contributed by atoms with Gasteiger partial charge in [0.25, 0.3) is 0 Å². The summed E-state index contributed by atoms with van der Waals surface area (Å²) in [6.07, 6.45) is 1.60. The van der Waals surface area contributed by atoms with Crippen molar-refractivity contribution < 1.29 is 4.79 Å². The first kappa shape index (κ1) is 15.0. The Kier molecular flexibility index (Phi) is 5.56. The van der Waals surface area contributed by atoms with E-state index in [1.165, 1.54) is 5.56 Å². The fraction of sp³-hybridized carbons (Fsp3) is 0.562. The van der Waals surface area contributed by atoms with Gasteiger partial charge in [-0.2, -0.15) is 0 Å². The van der Waals surface area contributed by atoms with E-state index < -0.39 is 0 Å². The van der Waals surface area contributed by atoms with Crippen LogP contribution in [0.25, 0.3) is 0 Å². The highest BCUT2D eigenvalue weighted by atomic mass is 16.1. The Morgan fingerprint density at radius 1 is 1.40 bits per heavy atom. The van der Waals surface area contributed by atoms with Gasteiger partial charge < -0.3 is 5.32 Å². The lowest BCUT2D eigenvalue weighted by Gasteiger charge is -2.38. The van der Waals surface area contributed by atoms with Crippen LogP contribution in [0.3, 0.4) is 0 Å². The van der Waals surface area contributed by atoms with Gasteiger partial charge in [-0.25, -0.2) is 5.01 Å². The molecule has 1 aromatic rings. The van der Waals surface area contributed by atoms with Crippen molar-refractivity contribution in [2.45, 2.75) is 32.7 Å². The Bertz CT molecular complexity index is 421. The van der Waals surface area contributed by atoms with Crippen LogP contribution in [0.5, 0.6) is 0 Å². The molecular formula is C16H25N3O. The van der Waals surface area contributed by atoms with Crippen molar-refractivity contribution in [1.82, 2.24) is 15.8 Å². The molecule has 0 bridgehead atoms. The summed E-state index contributed by atoms with van der Waals surface area (Å²) in [4.78, 5) is 11.5. The largest absolute Gasteiger partial charge is 0.352 e. The zero-order chi connectivity index (χ0) is 14.4. The lowest BCUT2D eigenvalue weighted by molar-refractivity contribution is -0.122. The number of carbonyl (C=O) groups excluding carboxylic acids is 1. The molecule has 2 atom stereocenters. The van der Waals surface area contributed by atoms with E-state index in [1.807, 2.05) is 13.0 Å². The molecule has 0 spiro atoms. The number of carbonyl (C=O) groups is 1. The van der Waals surface area contributed by atoms with Gasteiger partial charge in [0.1, 0.15) is 0 Å². The third kappa shape index (κ3) is 4.32. The monoisotopic (exact) mass is 275 g/mol. The molecule has 2 rings (SSSR count). The van der Waals surface area contributed by atoms with Gasteiger partial charge in [-0.15, -0.1) is 0 Å². The van der Waals surface area contributed by atoms with E-state index in [-0.39, 0.29) is 11.9 Å². The molecule has 1 aliphatic heterocycles. The normalized spacial score (nSPS) is 23.5. The molecule has 0 unspecified atom stereocenters. The molecule has 1 saturated heterocycles. The fourth-order valence-corrected chi connectivity index (χ4v) is 2.55.